The Labute approximate surface area is 334 Å². The van der Waals surface area contributed by atoms with Gasteiger partial charge < -0.3 is 14.4 Å². The van der Waals surface area contributed by atoms with E-state index in [-0.39, 0.29) is 0 Å². The molecule has 3 heteroatoms. The van der Waals surface area contributed by atoms with Crippen LogP contribution in [-0.2, 0) is 6.42 Å². The van der Waals surface area contributed by atoms with E-state index in [0.29, 0.717) is 0 Å². The molecule has 1 aliphatic carbocycles. The highest BCUT2D eigenvalue weighted by atomic mass is 15.1. The second-order valence-electron chi connectivity index (χ2n) is 14.5. The Morgan fingerprint density at radius 1 is 0.368 bits per heavy atom. The summed E-state index contributed by atoms with van der Waals surface area (Å²) in [6.45, 7) is 0. The highest BCUT2D eigenvalue weighted by Gasteiger charge is 2.20. The maximum absolute atomic E-state index is 2.41. The molecule has 0 saturated carbocycles. The summed E-state index contributed by atoms with van der Waals surface area (Å²) in [5.41, 5.74) is 16.7. The molecule has 0 unspecified atom stereocenters. The fraction of sp³-hybridized carbons (Fsp3) is 0.0370. The third kappa shape index (κ3) is 6.60. The highest BCUT2D eigenvalue weighted by molar-refractivity contribution is 5.94. The first-order valence-corrected chi connectivity index (χ1v) is 19.7. The lowest BCUT2D eigenvalue weighted by atomic mass is 9.97. The zero-order valence-electron chi connectivity index (χ0n) is 31.6. The van der Waals surface area contributed by atoms with Crippen LogP contribution in [0.4, 0.5) is 34.1 Å². The van der Waals surface area contributed by atoms with Gasteiger partial charge in [-0.15, -0.1) is 0 Å². The van der Waals surface area contributed by atoms with Gasteiger partial charge in [0.15, 0.2) is 0 Å². The van der Waals surface area contributed by atoms with Crippen molar-refractivity contribution in [3.63, 3.8) is 0 Å². The largest absolute Gasteiger partial charge is 0.311 e. The monoisotopic (exact) mass is 731 g/mol. The molecule has 272 valence electrons. The van der Waals surface area contributed by atoms with Gasteiger partial charge in [-0.1, -0.05) is 121 Å². The summed E-state index contributed by atoms with van der Waals surface area (Å²) in [6, 6.07) is 76.2. The summed E-state index contributed by atoms with van der Waals surface area (Å²) < 4.78 is 2.41. The quantitative estimate of drug-likeness (QED) is 0.146. The van der Waals surface area contributed by atoms with Gasteiger partial charge >= 0.3 is 0 Å². The molecule has 0 atom stereocenters. The molecule has 1 aromatic heterocycles. The van der Waals surface area contributed by atoms with E-state index in [9.17, 15) is 0 Å². The maximum atomic E-state index is 2.41. The first kappa shape index (κ1) is 34.2. The molecule has 0 N–H and O–H groups in total. The molecule has 0 aliphatic heterocycles. The van der Waals surface area contributed by atoms with Crippen molar-refractivity contribution < 1.29 is 0 Å². The lowest BCUT2D eigenvalue weighted by Gasteiger charge is -2.26. The minimum Gasteiger partial charge on any atom is -0.311 e. The van der Waals surface area contributed by atoms with Crippen LogP contribution in [0.1, 0.15) is 17.7 Å². The van der Waals surface area contributed by atoms with Crippen molar-refractivity contribution in [1.29, 1.82) is 0 Å². The van der Waals surface area contributed by atoms with Crippen molar-refractivity contribution in [3.05, 3.63) is 230 Å². The maximum Gasteiger partial charge on any atom is 0.0538 e. The van der Waals surface area contributed by atoms with Crippen molar-refractivity contribution >= 4 is 51.1 Å². The number of aryl methyl sites for hydroxylation is 1. The van der Waals surface area contributed by atoms with E-state index in [1.807, 2.05) is 0 Å². The van der Waals surface area contributed by atoms with E-state index in [1.54, 1.807) is 0 Å². The smallest absolute Gasteiger partial charge is 0.0538 e. The van der Waals surface area contributed by atoms with E-state index in [1.165, 1.54) is 50.1 Å². The molecule has 9 aromatic rings. The first-order chi connectivity index (χ1) is 28.3. The summed E-state index contributed by atoms with van der Waals surface area (Å²) in [4.78, 5) is 4.63. The number of allylic oxidation sites excluding steroid dienone is 1. The van der Waals surface area contributed by atoms with Gasteiger partial charge in [0.05, 0.1) is 5.52 Å². The topological polar surface area (TPSA) is 11.4 Å². The van der Waals surface area contributed by atoms with Gasteiger partial charge in [-0.2, -0.15) is 0 Å². The Hall–Kier alpha value is -7.36. The van der Waals surface area contributed by atoms with Crippen LogP contribution in [0.5, 0.6) is 0 Å². The molecule has 0 bridgehead atoms. The minimum absolute atomic E-state index is 1.06. The van der Waals surface area contributed by atoms with Gasteiger partial charge in [0.25, 0.3) is 0 Å². The average molecular weight is 732 g/mol. The molecule has 0 radical (unpaired) electrons. The Bertz CT molecular complexity index is 2750. The minimum atomic E-state index is 1.06. The van der Waals surface area contributed by atoms with Crippen molar-refractivity contribution in [1.82, 2.24) is 4.57 Å². The van der Waals surface area contributed by atoms with E-state index < -0.39 is 0 Å². The third-order valence-electron chi connectivity index (χ3n) is 11.1. The Morgan fingerprint density at radius 3 is 1.21 bits per heavy atom. The zero-order valence-corrected chi connectivity index (χ0v) is 31.6. The van der Waals surface area contributed by atoms with Crippen molar-refractivity contribution in [3.8, 4) is 27.9 Å². The molecule has 10 rings (SSSR count). The lowest BCUT2D eigenvalue weighted by molar-refractivity contribution is 0.967. The fourth-order valence-electron chi connectivity index (χ4n) is 8.31. The third-order valence-corrected chi connectivity index (χ3v) is 11.1. The summed E-state index contributed by atoms with van der Waals surface area (Å²) in [7, 11) is 0. The first-order valence-electron chi connectivity index (χ1n) is 19.7. The van der Waals surface area contributed by atoms with Crippen LogP contribution >= 0.6 is 0 Å². The van der Waals surface area contributed by atoms with Crippen molar-refractivity contribution in [2.24, 2.45) is 0 Å². The van der Waals surface area contributed by atoms with E-state index in [2.05, 4.69) is 239 Å². The van der Waals surface area contributed by atoms with Crippen LogP contribution in [0.25, 0.3) is 44.9 Å². The standard InChI is InChI=1S/C54H41N3/c1-5-15-44(16-6-1)55(45-17-7-2-8-18-45)48-32-25-40(26-33-48)41-27-34-49(35-28-41)56(46-19-9-3-10-20-46)50-36-29-42(30-37-50)43-31-38-54-52(39-43)51-23-13-14-24-53(51)57(54)47-21-11-4-12-22-47/h1-12,14-22,24-39H,13,23H2. The van der Waals surface area contributed by atoms with Gasteiger partial charge in [0.1, 0.15) is 0 Å². The molecule has 57 heavy (non-hydrogen) atoms. The lowest BCUT2D eigenvalue weighted by Crippen LogP contribution is -2.09. The van der Waals surface area contributed by atoms with E-state index in [0.717, 1.165) is 47.0 Å². The van der Waals surface area contributed by atoms with Crippen molar-refractivity contribution in [2.45, 2.75) is 12.8 Å². The summed E-state index contributed by atoms with van der Waals surface area (Å²) >= 11 is 0. The molecule has 0 fully saturated rings. The van der Waals surface area contributed by atoms with E-state index in [4.69, 9.17) is 0 Å². The SMILES string of the molecule is C1=Cc2c(c3cc(-c4ccc(N(c5ccccc5)c5ccc(-c6ccc(N(c7ccccc7)c7ccccc7)cc6)cc5)cc4)ccc3n2-c2ccccc2)CC1. The second kappa shape index (κ2) is 15.1. The second-order valence-corrected chi connectivity index (χ2v) is 14.5. The number of benzene rings is 8. The normalized spacial score (nSPS) is 12.0. The molecule has 0 amide bonds. The summed E-state index contributed by atoms with van der Waals surface area (Å²) in [5.74, 6) is 0. The van der Waals surface area contributed by atoms with Crippen LogP contribution in [0.3, 0.4) is 0 Å². The van der Waals surface area contributed by atoms with Crippen molar-refractivity contribution in [2.75, 3.05) is 9.80 Å². The molecule has 3 nitrogen and oxygen atoms in total. The number of aromatic nitrogens is 1. The molecule has 8 aromatic carbocycles. The number of hydrogen-bond acceptors (Lipinski definition) is 2. The van der Waals surface area contributed by atoms with Gasteiger partial charge in [-0.25, -0.2) is 0 Å². The predicted octanol–water partition coefficient (Wildman–Crippen LogP) is 14.9. The molecule has 1 heterocycles. The van der Waals surface area contributed by atoms with Crippen LogP contribution < -0.4 is 9.80 Å². The predicted molar refractivity (Wildman–Crippen MR) is 241 cm³/mol. The van der Waals surface area contributed by atoms with Crippen LogP contribution in [-0.4, -0.2) is 4.57 Å². The molecule has 0 saturated heterocycles. The van der Waals surface area contributed by atoms with Gasteiger partial charge in [-0.05, 0) is 144 Å². The Morgan fingerprint density at radius 2 is 0.754 bits per heavy atom. The molecular weight excluding hydrogens is 691 g/mol. The Kier molecular flexibility index (Phi) is 9.02. The number of hydrogen-bond donors (Lipinski definition) is 0. The highest BCUT2D eigenvalue weighted by Crippen LogP contribution is 2.40. The van der Waals surface area contributed by atoms with Crippen LogP contribution in [0.15, 0.2) is 218 Å². The number of rotatable bonds is 9. The summed E-state index contributed by atoms with van der Waals surface area (Å²) in [6.07, 6.45) is 6.73. The van der Waals surface area contributed by atoms with E-state index >= 15 is 0 Å². The number of nitrogens with zero attached hydrogens (tertiary/aromatic N) is 3. The van der Waals surface area contributed by atoms with Gasteiger partial charge in [-0.3, -0.25) is 0 Å². The molecule has 1 aliphatic rings. The average Bonchev–Trinajstić information content (AvgIpc) is 3.62. The Balaban J connectivity index is 0.948. The molecule has 0 spiro atoms. The molecular formula is C54H41N3. The van der Waals surface area contributed by atoms with Crippen LogP contribution in [0, 0.1) is 0 Å². The fourth-order valence-corrected chi connectivity index (χ4v) is 8.31. The zero-order chi connectivity index (χ0) is 38.0. The number of anilines is 6. The summed E-state index contributed by atoms with van der Waals surface area (Å²) in [5, 5.41) is 1.34. The van der Waals surface area contributed by atoms with Crippen LogP contribution in [0.2, 0.25) is 0 Å². The van der Waals surface area contributed by atoms with Gasteiger partial charge in [0.2, 0.25) is 0 Å². The van der Waals surface area contributed by atoms with Gasteiger partial charge in [0, 0.05) is 50.9 Å². The number of fused-ring (bicyclic) bond motifs is 3. The number of para-hydroxylation sites is 4.